The molecule has 3 aromatic heterocycles. The van der Waals surface area contributed by atoms with Gasteiger partial charge in [0.1, 0.15) is 22.8 Å². The van der Waals surface area contributed by atoms with E-state index in [1.54, 1.807) is 36.8 Å². The Labute approximate surface area is 183 Å². The lowest BCUT2D eigenvalue weighted by Crippen LogP contribution is -2.39. The van der Waals surface area contributed by atoms with Gasteiger partial charge in [-0.25, -0.2) is 13.8 Å². The first-order valence-electron chi connectivity index (χ1n) is 9.52. The van der Waals surface area contributed by atoms with E-state index in [4.69, 9.17) is 9.26 Å². The van der Waals surface area contributed by atoms with Gasteiger partial charge in [0.15, 0.2) is 0 Å². The molecule has 0 aliphatic heterocycles. The third-order valence-electron chi connectivity index (χ3n) is 4.96. The molecule has 0 aliphatic carbocycles. The minimum absolute atomic E-state index is 0.0943. The van der Waals surface area contributed by atoms with Crippen molar-refractivity contribution in [1.29, 1.82) is 0 Å². The number of rotatable bonds is 5. The Hall–Kier alpha value is -4.05. The molecule has 0 bridgehead atoms. The van der Waals surface area contributed by atoms with Crippen molar-refractivity contribution < 1.29 is 13.7 Å². The highest BCUT2D eigenvalue weighted by molar-refractivity contribution is 7.17. The zero-order chi connectivity index (χ0) is 22.2. The van der Waals surface area contributed by atoms with Gasteiger partial charge in [0, 0.05) is 0 Å². The molecule has 32 heavy (non-hydrogen) atoms. The van der Waals surface area contributed by atoms with Crippen molar-refractivity contribution in [3.63, 3.8) is 0 Å². The maximum absolute atomic E-state index is 14.4. The van der Waals surface area contributed by atoms with Crippen molar-refractivity contribution in [3.8, 4) is 22.8 Å². The van der Waals surface area contributed by atoms with Gasteiger partial charge in [0.25, 0.3) is 5.56 Å². The molecule has 0 aliphatic rings. The molecule has 5 rings (SSSR count). The summed E-state index contributed by atoms with van der Waals surface area (Å²) in [6, 6.07) is 14.5. The minimum atomic E-state index is -0.706. The fourth-order valence-corrected chi connectivity index (χ4v) is 4.30. The monoisotopic (exact) mass is 450 g/mol. The summed E-state index contributed by atoms with van der Waals surface area (Å²) in [6.45, 7) is -0.0943. The Balaban J connectivity index is 1.64. The quantitative estimate of drug-likeness (QED) is 0.407. The summed E-state index contributed by atoms with van der Waals surface area (Å²) in [4.78, 5) is 30.6. The maximum atomic E-state index is 14.4. The van der Waals surface area contributed by atoms with E-state index in [0.29, 0.717) is 27.4 Å². The highest BCUT2D eigenvalue weighted by atomic mass is 32.1. The third kappa shape index (κ3) is 3.21. The van der Waals surface area contributed by atoms with E-state index in [9.17, 15) is 14.0 Å². The predicted molar refractivity (Wildman–Crippen MR) is 117 cm³/mol. The summed E-state index contributed by atoms with van der Waals surface area (Å²) in [6.07, 6.45) is 0. The van der Waals surface area contributed by atoms with Crippen LogP contribution in [0.4, 0.5) is 4.39 Å². The van der Waals surface area contributed by atoms with Crippen LogP contribution >= 0.6 is 11.3 Å². The van der Waals surface area contributed by atoms with Gasteiger partial charge in [0.05, 0.1) is 23.9 Å². The van der Waals surface area contributed by atoms with Gasteiger partial charge in [-0.05, 0) is 35.7 Å². The Morgan fingerprint density at radius 3 is 2.69 bits per heavy atom. The lowest BCUT2D eigenvalue weighted by Gasteiger charge is -2.11. The van der Waals surface area contributed by atoms with Gasteiger partial charge in [-0.3, -0.25) is 9.36 Å². The number of hydrogen-bond donors (Lipinski definition) is 0. The number of nitrogens with zero attached hydrogens (tertiary/aromatic N) is 4. The molecular weight excluding hydrogens is 435 g/mol. The van der Waals surface area contributed by atoms with Gasteiger partial charge < -0.3 is 9.26 Å². The zero-order valence-corrected chi connectivity index (χ0v) is 17.5. The van der Waals surface area contributed by atoms with Gasteiger partial charge >= 0.3 is 5.69 Å². The molecular formula is C22H15FN4O4S. The summed E-state index contributed by atoms with van der Waals surface area (Å²) >= 11 is 1.17. The second-order valence-electron chi connectivity index (χ2n) is 6.81. The lowest BCUT2D eigenvalue weighted by atomic mass is 10.2. The summed E-state index contributed by atoms with van der Waals surface area (Å²) in [5, 5.41) is 5.69. The standard InChI is InChI=1S/C22H15FN4O4S/c1-30-17-9-5-2-6-13(17)20-24-18(31-25-20)12-26-16-10-11-32-19(16)21(28)27(22(26)29)15-8-4-3-7-14(15)23/h2-11H,12H2,1H3. The minimum Gasteiger partial charge on any atom is -0.496 e. The van der Waals surface area contributed by atoms with Crippen LogP contribution in [0, 0.1) is 5.82 Å². The number of ether oxygens (including phenoxy) is 1. The van der Waals surface area contributed by atoms with Crippen molar-refractivity contribution in [1.82, 2.24) is 19.3 Å². The maximum Gasteiger partial charge on any atom is 0.336 e. The van der Waals surface area contributed by atoms with Gasteiger partial charge in [0.2, 0.25) is 11.7 Å². The Bertz CT molecular complexity index is 1570. The molecule has 0 unspecified atom stereocenters. The molecule has 0 saturated heterocycles. The predicted octanol–water partition coefficient (Wildman–Crippen LogP) is 3.46. The van der Waals surface area contributed by atoms with Crippen LogP contribution in [0.2, 0.25) is 0 Å². The molecule has 10 heteroatoms. The van der Waals surface area contributed by atoms with Gasteiger partial charge in [-0.2, -0.15) is 4.98 Å². The number of halogens is 1. The van der Waals surface area contributed by atoms with Crippen molar-refractivity contribution in [3.05, 3.63) is 92.5 Å². The van der Waals surface area contributed by atoms with Crippen LogP contribution in [-0.2, 0) is 6.54 Å². The molecule has 0 radical (unpaired) electrons. The summed E-state index contributed by atoms with van der Waals surface area (Å²) < 4.78 is 27.6. The van der Waals surface area contributed by atoms with Crippen LogP contribution in [0.15, 0.2) is 74.1 Å². The SMILES string of the molecule is COc1ccccc1-c1noc(Cn2c(=O)n(-c3ccccc3F)c(=O)c3sccc32)n1. The fraction of sp³-hybridized carbons (Fsp3) is 0.0909. The molecule has 0 saturated carbocycles. The molecule has 0 spiro atoms. The van der Waals surface area contributed by atoms with Gasteiger partial charge in [-0.1, -0.05) is 29.4 Å². The number of para-hydroxylation sites is 2. The molecule has 2 aromatic carbocycles. The Morgan fingerprint density at radius 2 is 1.88 bits per heavy atom. The van der Waals surface area contributed by atoms with E-state index in [2.05, 4.69) is 10.1 Å². The molecule has 5 aromatic rings. The fourth-order valence-electron chi connectivity index (χ4n) is 3.48. The van der Waals surface area contributed by atoms with Crippen LogP contribution < -0.4 is 16.0 Å². The second-order valence-corrected chi connectivity index (χ2v) is 7.72. The number of fused-ring (bicyclic) bond motifs is 1. The van der Waals surface area contributed by atoms with Crippen molar-refractivity contribution >= 4 is 21.6 Å². The molecule has 3 heterocycles. The van der Waals surface area contributed by atoms with E-state index >= 15 is 0 Å². The molecule has 0 atom stereocenters. The topological polar surface area (TPSA) is 92.2 Å². The van der Waals surface area contributed by atoms with E-state index in [0.717, 1.165) is 4.57 Å². The summed E-state index contributed by atoms with van der Waals surface area (Å²) in [7, 11) is 1.54. The first-order valence-corrected chi connectivity index (χ1v) is 10.4. The number of methoxy groups -OCH3 is 1. The second kappa shape index (κ2) is 7.89. The lowest BCUT2D eigenvalue weighted by molar-refractivity contribution is 0.369. The van der Waals surface area contributed by atoms with Crippen LogP contribution in [-0.4, -0.2) is 26.4 Å². The van der Waals surface area contributed by atoms with E-state index in [1.165, 1.54) is 34.1 Å². The number of benzene rings is 2. The first-order chi connectivity index (χ1) is 15.6. The molecule has 160 valence electrons. The van der Waals surface area contributed by atoms with Crippen LogP contribution in [0.25, 0.3) is 27.3 Å². The van der Waals surface area contributed by atoms with E-state index in [1.807, 2.05) is 12.1 Å². The van der Waals surface area contributed by atoms with Crippen LogP contribution in [0.3, 0.4) is 0 Å². The highest BCUT2D eigenvalue weighted by Gasteiger charge is 2.20. The first kappa shape index (κ1) is 19.9. The highest BCUT2D eigenvalue weighted by Crippen LogP contribution is 2.27. The largest absolute Gasteiger partial charge is 0.496 e. The molecule has 0 fully saturated rings. The van der Waals surface area contributed by atoms with E-state index in [-0.39, 0.29) is 18.1 Å². The smallest absolute Gasteiger partial charge is 0.336 e. The normalized spacial score (nSPS) is 11.2. The van der Waals surface area contributed by atoms with Crippen LogP contribution in [0.5, 0.6) is 5.75 Å². The molecule has 0 amide bonds. The Kier molecular flexibility index (Phi) is 4.91. The third-order valence-corrected chi connectivity index (χ3v) is 5.85. The van der Waals surface area contributed by atoms with Gasteiger partial charge in [-0.15, -0.1) is 11.3 Å². The average Bonchev–Trinajstić information content (AvgIpc) is 3.48. The Morgan fingerprint density at radius 1 is 1.09 bits per heavy atom. The molecule has 8 nitrogen and oxygen atoms in total. The van der Waals surface area contributed by atoms with Crippen molar-refractivity contribution in [2.24, 2.45) is 0 Å². The zero-order valence-electron chi connectivity index (χ0n) is 16.7. The van der Waals surface area contributed by atoms with E-state index < -0.39 is 17.1 Å². The summed E-state index contributed by atoms with van der Waals surface area (Å²) in [5.41, 5.74) is -0.361. The van der Waals surface area contributed by atoms with Crippen molar-refractivity contribution in [2.45, 2.75) is 6.54 Å². The summed E-state index contributed by atoms with van der Waals surface area (Å²) in [5.74, 6) is 0.351. The average molecular weight is 450 g/mol. The number of hydrogen-bond acceptors (Lipinski definition) is 7. The number of aromatic nitrogens is 4. The van der Waals surface area contributed by atoms with Crippen LogP contribution in [0.1, 0.15) is 5.89 Å². The molecule has 0 N–H and O–H groups in total. The van der Waals surface area contributed by atoms with Crippen molar-refractivity contribution in [2.75, 3.05) is 7.11 Å². The number of thiophene rings is 1.